The number of hydrogen-bond acceptors (Lipinski definition) is 6. The van der Waals surface area contributed by atoms with Crippen LogP contribution in [0.3, 0.4) is 0 Å². The van der Waals surface area contributed by atoms with E-state index in [1.54, 1.807) is 13.2 Å². The van der Waals surface area contributed by atoms with E-state index in [1.807, 2.05) is 24.3 Å². The Balaban J connectivity index is 1.64. The van der Waals surface area contributed by atoms with Gasteiger partial charge in [-0.15, -0.1) is 0 Å². The molecule has 1 fully saturated rings. The topological polar surface area (TPSA) is 108 Å². The summed E-state index contributed by atoms with van der Waals surface area (Å²) in [7, 11) is -0.681. The molecule has 3 N–H and O–H groups in total. The van der Waals surface area contributed by atoms with E-state index in [0.717, 1.165) is 12.0 Å². The molecule has 3 rings (SSSR count). The second-order valence-electron chi connectivity index (χ2n) is 8.13. The van der Waals surface area contributed by atoms with Crippen LogP contribution in [0.5, 0.6) is 0 Å². The molecule has 0 amide bonds. The van der Waals surface area contributed by atoms with Crippen LogP contribution in [-0.2, 0) is 30.7 Å². The summed E-state index contributed by atoms with van der Waals surface area (Å²) >= 11 is 0. The predicted molar refractivity (Wildman–Crippen MR) is 127 cm³/mol. The molecular formula is C25H30N2O5S. The summed E-state index contributed by atoms with van der Waals surface area (Å²) in [6.45, 7) is 0.667. The lowest BCUT2D eigenvalue weighted by Crippen LogP contribution is -2.38. The van der Waals surface area contributed by atoms with Gasteiger partial charge in [-0.25, -0.2) is 13.1 Å². The van der Waals surface area contributed by atoms with Gasteiger partial charge in [0.1, 0.15) is 0 Å². The fraction of sp³-hybridized carbons (Fsp3) is 0.400. The molecule has 0 saturated heterocycles. The highest BCUT2D eigenvalue weighted by Crippen LogP contribution is 2.27. The van der Waals surface area contributed by atoms with Gasteiger partial charge in [-0.3, -0.25) is 4.79 Å². The number of nitrogens with two attached hydrogens (primary N) is 1. The monoisotopic (exact) mass is 470 g/mol. The molecule has 2 aromatic rings. The maximum Gasteiger partial charge on any atom is 0.308 e. The zero-order valence-electron chi connectivity index (χ0n) is 19.0. The molecular weight excluding hydrogens is 440 g/mol. The van der Waals surface area contributed by atoms with Crippen molar-refractivity contribution < 1.29 is 22.7 Å². The third kappa shape index (κ3) is 6.81. The van der Waals surface area contributed by atoms with Gasteiger partial charge >= 0.3 is 5.97 Å². The Morgan fingerprint density at radius 2 is 1.76 bits per heavy atom. The Morgan fingerprint density at radius 1 is 1.06 bits per heavy atom. The first-order chi connectivity index (χ1) is 15.8. The van der Waals surface area contributed by atoms with Crippen molar-refractivity contribution in [3.05, 3.63) is 59.2 Å². The van der Waals surface area contributed by atoms with Crippen LogP contribution >= 0.6 is 0 Å². The highest BCUT2D eigenvalue weighted by molar-refractivity contribution is 7.89. The number of ether oxygens (including phenoxy) is 2. The third-order valence-corrected chi connectivity index (χ3v) is 7.33. The first kappa shape index (κ1) is 24.8. The van der Waals surface area contributed by atoms with Crippen LogP contribution in [0.1, 0.15) is 42.4 Å². The first-order valence-corrected chi connectivity index (χ1v) is 12.4. The van der Waals surface area contributed by atoms with Gasteiger partial charge in [0.15, 0.2) is 0 Å². The number of carbonyl (C=O) groups excluding carboxylic acids is 1. The zero-order valence-corrected chi connectivity index (χ0v) is 19.8. The molecule has 8 heteroatoms. The number of benzene rings is 2. The van der Waals surface area contributed by atoms with Crippen LogP contribution in [-0.4, -0.2) is 41.3 Å². The number of anilines is 1. The van der Waals surface area contributed by atoms with E-state index in [0.29, 0.717) is 43.5 Å². The third-order valence-electron chi connectivity index (χ3n) is 5.81. The maximum atomic E-state index is 12.8. The van der Waals surface area contributed by atoms with Gasteiger partial charge in [-0.05, 0) is 68.0 Å². The fourth-order valence-electron chi connectivity index (χ4n) is 3.84. The molecule has 0 atom stereocenters. The minimum absolute atomic E-state index is 0.100. The molecule has 0 unspecified atom stereocenters. The van der Waals surface area contributed by atoms with Crippen molar-refractivity contribution in [1.29, 1.82) is 0 Å². The molecule has 33 heavy (non-hydrogen) atoms. The minimum atomic E-state index is -3.73. The summed E-state index contributed by atoms with van der Waals surface area (Å²) in [5, 5.41) is 0. The molecule has 1 aliphatic rings. The summed E-state index contributed by atoms with van der Waals surface area (Å²) in [6, 6.07) is 12.2. The van der Waals surface area contributed by atoms with E-state index in [-0.39, 0.29) is 22.8 Å². The van der Waals surface area contributed by atoms with E-state index in [4.69, 9.17) is 15.2 Å². The van der Waals surface area contributed by atoms with Gasteiger partial charge in [-0.2, -0.15) is 0 Å². The molecule has 1 aliphatic carbocycles. The van der Waals surface area contributed by atoms with Crippen LogP contribution in [0.25, 0.3) is 0 Å². The standard InChI is InChI=1S/C25H30N2O5S/c1-31-16-15-19-5-3-18(4-6-19)7-8-20-11-14-23(17-24(20)26)33(29,30)27-22-12-9-21(10-13-22)25(28)32-2/h3-6,11,14,17,21-22,27H,9-10,12-13,15-16,26H2,1-2H3. The predicted octanol–water partition coefficient (Wildman–Crippen LogP) is 2.87. The normalized spacial score (nSPS) is 18.2. The average molecular weight is 471 g/mol. The molecule has 0 spiro atoms. The highest BCUT2D eigenvalue weighted by atomic mass is 32.2. The van der Waals surface area contributed by atoms with Crippen LogP contribution < -0.4 is 10.5 Å². The summed E-state index contributed by atoms with van der Waals surface area (Å²) in [4.78, 5) is 11.8. The van der Waals surface area contributed by atoms with Crippen molar-refractivity contribution in [2.75, 3.05) is 26.6 Å². The number of nitrogen functional groups attached to an aromatic ring is 1. The number of sulfonamides is 1. The average Bonchev–Trinajstić information content (AvgIpc) is 2.82. The molecule has 0 bridgehead atoms. The van der Waals surface area contributed by atoms with Gasteiger partial charge < -0.3 is 15.2 Å². The van der Waals surface area contributed by atoms with E-state index < -0.39 is 10.0 Å². The van der Waals surface area contributed by atoms with Crippen molar-refractivity contribution in [3.63, 3.8) is 0 Å². The van der Waals surface area contributed by atoms with E-state index in [1.165, 1.54) is 24.8 Å². The largest absolute Gasteiger partial charge is 0.469 e. The highest BCUT2D eigenvalue weighted by Gasteiger charge is 2.29. The van der Waals surface area contributed by atoms with Crippen molar-refractivity contribution in [2.45, 2.75) is 43.0 Å². The number of carbonyl (C=O) groups is 1. The lowest BCUT2D eigenvalue weighted by molar-refractivity contribution is -0.146. The number of nitrogens with one attached hydrogen (secondary N) is 1. The molecule has 0 heterocycles. The van der Waals surface area contributed by atoms with Gasteiger partial charge in [0.05, 0.1) is 24.5 Å². The SMILES string of the molecule is COCCc1ccc(C#Cc2ccc(S(=O)(=O)NC3CCC(C(=O)OC)CC3)cc2N)cc1. The van der Waals surface area contributed by atoms with Crippen molar-refractivity contribution in [3.8, 4) is 11.8 Å². The summed E-state index contributed by atoms with van der Waals surface area (Å²) in [5.41, 5.74) is 8.98. The van der Waals surface area contributed by atoms with Crippen molar-refractivity contribution in [1.82, 2.24) is 4.72 Å². The Kier molecular flexibility index (Phi) is 8.50. The second kappa shape index (κ2) is 11.3. The smallest absolute Gasteiger partial charge is 0.308 e. The molecule has 1 saturated carbocycles. The summed E-state index contributed by atoms with van der Waals surface area (Å²) < 4.78 is 38.2. The fourth-order valence-corrected chi connectivity index (χ4v) is 5.18. The quantitative estimate of drug-likeness (QED) is 0.366. The number of hydrogen-bond donors (Lipinski definition) is 2. The number of methoxy groups -OCH3 is 2. The van der Waals surface area contributed by atoms with Crippen LogP contribution in [0.15, 0.2) is 47.4 Å². The first-order valence-electron chi connectivity index (χ1n) is 10.9. The van der Waals surface area contributed by atoms with E-state index in [9.17, 15) is 13.2 Å². The zero-order chi connectivity index (χ0) is 23.8. The Hall–Kier alpha value is -2.86. The van der Waals surface area contributed by atoms with Gasteiger partial charge in [0.2, 0.25) is 10.0 Å². The van der Waals surface area contributed by atoms with Gasteiger partial charge in [-0.1, -0.05) is 24.0 Å². The van der Waals surface area contributed by atoms with Gasteiger partial charge in [0, 0.05) is 30.0 Å². The summed E-state index contributed by atoms with van der Waals surface area (Å²) in [6.07, 6.45) is 3.21. The number of esters is 1. The molecule has 0 radical (unpaired) electrons. The molecule has 7 nitrogen and oxygen atoms in total. The van der Waals surface area contributed by atoms with Crippen molar-refractivity contribution in [2.24, 2.45) is 5.92 Å². The Bertz CT molecular complexity index is 1130. The summed E-state index contributed by atoms with van der Waals surface area (Å²) in [5.74, 6) is 5.68. The number of rotatable bonds is 7. The second-order valence-corrected chi connectivity index (χ2v) is 9.85. The molecule has 0 aliphatic heterocycles. The van der Waals surface area contributed by atoms with Crippen LogP contribution in [0.2, 0.25) is 0 Å². The Morgan fingerprint density at radius 3 is 2.36 bits per heavy atom. The maximum absolute atomic E-state index is 12.8. The molecule has 2 aromatic carbocycles. The lowest BCUT2D eigenvalue weighted by atomic mass is 9.86. The van der Waals surface area contributed by atoms with E-state index in [2.05, 4.69) is 16.6 Å². The lowest BCUT2D eigenvalue weighted by Gasteiger charge is -2.27. The van der Waals surface area contributed by atoms with Gasteiger partial charge in [0.25, 0.3) is 0 Å². The molecule has 0 aromatic heterocycles. The molecule has 176 valence electrons. The van der Waals surface area contributed by atoms with E-state index >= 15 is 0 Å². The Labute approximate surface area is 195 Å². The minimum Gasteiger partial charge on any atom is -0.469 e. The van der Waals surface area contributed by atoms with Crippen molar-refractivity contribution >= 4 is 21.7 Å². The van der Waals surface area contributed by atoms with Crippen LogP contribution in [0.4, 0.5) is 5.69 Å². The van der Waals surface area contributed by atoms with Crippen LogP contribution in [0, 0.1) is 17.8 Å².